The Labute approximate surface area is 224 Å². The number of halogens is 1. The largest absolute Gasteiger partial charge is 0.455 e. The summed E-state index contributed by atoms with van der Waals surface area (Å²) in [5.41, 5.74) is 2.20. The van der Waals surface area contributed by atoms with Crippen LogP contribution in [0.5, 0.6) is 11.5 Å². The summed E-state index contributed by atoms with van der Waals surface area (Å²) >= 11 is 6.59. The van der Waals surface area contributed by atoms with Crippen LogP contribution in [0.1, 0.15) is 20.3 Å². The maximum Gasteiger partial charge on any atom is 0.222 e. The van der Waals surface area contributed by atoms with E-state index in [9.17, 15) is 9.90 Å². The van der Waals surface area contributed by atoms with E-state index in [0.29, 0.717) is 35.4 Å². The summed E-state index contributed by atoms with van der Waals surface area (Å²) < 4.78 is 9.88. The standard InChI is InChI=1S/C27H28ClN7O3/c1-27(2,37)14-24(36)29-10-12-35-11-9-20-25(35)26(31-16-30-20)33-17-7-8-23(19(28)13-17)38-22-6-4-5-21-18(22)15-32-34(21)3/h4-9,11,13,15-16,37H,10,12,14H2,1-3H3,(H,29,36)(H,30,31,33). The molecule has 0 aliphatic rings. The summed E-state index contributed by atoms with van der Waals surface area (Å²) in [6, 6.07) is 13.1. The first-order chi connectivity index (χ1) is 18.2. The molecule has 38 heavy (non-hydrogen) atoms. The topological polar surface area (TPSA) is 119 Å². The molecule has 0 fully saturated rings. The van der Waals surface area contributed by atoms with Crippen LogP contribution in [0.2, 0.25) is 5.02 Å². The molecular formula is C27H28ClN7O3. The van der Waals surface area contributed by atoms with Gasteiger partial charge in [-0.3, -0.25) is 9.48 Å². The summed E-state index contributed by atoms with van der Waals surface area (Å²) in [7, 11) is 1.88. The van der Waals surface area contributed by atoms with Crippen molar-refractivity contribution in [1.29, 1.82) is 0 Å². The maximum absolute atomic E-state index is 12.1. The summed E-state index contributed by atoms with van der Waals surface area (Å²) in [5.74, 6) is 1.59. The molecule has 11 heteroatoms. The van der Waals surface area contributed by atoms with Gasteiger partial charge in [-0.1, -0.05) is 17.7 Å². The number of fused-ring (bicyclic) bond motifs is 2. The summed E-state index contributed by atoms with van der Waals surface area (Å²) in [5, 5.41) is 21.6. The molecule has 3 N–H and O–H groups in total. The van der Waals surface area contributed by atoms with Gasteiger partial charge in [-0.05, 0) is 50.2 Å². The number of aryl methyl sites for hydroxylation is 1. The third kappa shape index (κ3) is 5.56. The van der Waals surface area contributed by atoms with Crippen LogP contribution in [-0.2, 0) is 18.4 Å². The Morgan fingerprint density at radius 2 is 2.00 bits per heavy atom. The lowest BCUT2D eigenvalue weighted by Crippen LogP contribution is -2.33. The van der Waals surface area contributed by atoms with E-state index < -0.39 is 5.60 Å². The molecule has 196 valence electrons. The summed E-state index contributed by atoms with van der Waals surface area (Å²) in [4.78, 5) is 20.8. The zero-order valence-electron chi connectivity index (χ0n) is 21.3. The fourth-order valence-corrected chi connectivity index (χ4v) is 4.46. The van der Waals surface area contributed by atoms with Crippen molar-refractivity contribution < 1.29 is 14.6 Å². The number of hydrogen-bond donors (Lipinski definition) is 3. The van der Waals surface area contributed by atoms with Crippen LogP contribution in [0.4, 0.5) is 11.5 Å². The predicted molar refractivity (Wildman–Crippen MR) is 147 cm³/mol. The monoisotopic (exact) mass is 533 g/mol. The lowest BCUT2D eigenvalue weighted by Gasteiger charge is -2.16. The van der Waals surface area contributed by atoms with Gasteiger partial charge in [-0.2, -0.15) is 5.10 Å². The van der Waals surface area contributed by atoms with E-state index in [4.69, 9.17) is 16.3 Å². The molecular weight excluding hydrogens is 506 g/mol. The quantitative estimate of drug-likeness (QED) is 0.249. The molecule has 3 heterocycles. The molecule has 0 aliphatic heterocycles. The Hall–Kier alpha value is -4.15. The smallest absolute Gasteiger partial charge is 0.222 e. The van der Waals surface area contributed by atoms with E-state index in [0.717, 1.165) is 27.6 Å². The van der Waals surface area contributed by atoms with Crippen LogP contribution in [0, 0.1) is 0 Å². The Kier molecular flexibility index (Phi) is 6.92. The molecule has 0 saturated heterocycles. The lowest BCUT2D eigenvalue weighted by molar-refractivity contribution is -0.124. The lowest BCUT2D eigenvalue weighted by atomic mass is 10.1. The van der Waals surface area contributed by atoms with Crippen LogP contribution in [-0.4, -0.2) is 47.5 Å². The molecule has 1 amide bonds. The highest BCUT2D eigenvalue weighted by Crippen LogP contribution is 2.36. The third-order valence-electron chi connectivity index (χ3n) is 5.98. The minimum absolute atomic E-state index is 0.0349. The Morgan fingerprint density at radius 3 is 2.79 bits per heavy atom. The molecule has 10 nitrogen and oxygen atoms in total. The van der Waals surface area contributed by atoms with Crippen LogP contribution >= 0.6 is 11.6 Å². The fourth-order valence-electron chi connectivity index (χ4n) is 4.24. The number of benzene rings is 2. The number of ether oxygens (including phenoxy) is 1. The molecule has 0 bridgehead atoms. The number of amides is 1. The van der Waals surface area contributed by atoms with Crippen molar-refractivity contribution in [3.8, 4) is 11.5 Å². The molecule has 0 saturated carbocycles. The second-order valence-electron chi connectivity index (χ2n) is 9.63. The van der Waals surface area contributed by atoms with E-state index in [1.165, 1.54) is 6.33 Å². The molecule has 5 aromatic rings. The molecule has 2 aromatic carbocycles. The first-order valence-electron chi connectivity index (χ1n) is 12.1. The second-order valence-corrected chi connectivity index (χ2v) is 10.0. The average Bonchev–Trinajstić information content (AvgIpc) is 3.44. The van der Waals surface area contributed by atoms with Crippen LogP contribution in [0.25, 0.3) is 21.9 Å². The molecule has 5 rings (SSSR count). The van der Waals surface area contributed by atoms with Crippen LogP contribution in [0.15, 0.2) is 61.2 Å². The summed E-state index contributed by atoms with van der Waals surface area (Å²) in [6.45, 7) is 4.12. The van der Waals surface area contributed by atoms with Crippen molar-refractivity contribution in [2.75, 3.05) is 11.9 Å². The van der Waals surface area contributed by atoms with Gasteiger partial charge in [0.05, 0.1) is 39.7 Å². The van der Waals surface area contributed by atoms with Crippen LogP contribution in [0.3, 0.4) is 0 Å². The van der Waals surface area contributed by atoms with E-state index in [1.807, 2.05) is 48.1 Å². The highest BCUT2D eigenvalue weighted by Gasteiger charge is 2.18. The zero-order valence-corrected chi connectivity index (χ0v) is 22.0. The molecule has 0 spiro atoms. The van der Waals surface area contributed by atoms with Crippen molar-refractivity contribution in [1.82, 2.24) is 29.6 Å². The molecule has 0 aliphatic carbocycles. The van der Waals surface area contributed by atoms with Gasteiger partial charge in [-0.15, -0.1) is 0 Å². The number of aromatic nitrogens is 5. The Balaban J connectivity index is 1.32. The first kappa shape index (κ1) is 25.5. The van der Waals surface area contributed by atoms with Gasteiger partial charge in [0, 0.05) is 32.0 Å². The number of aliphatic hydroxyl groups is 1. The molecule has 3 aromatic heterocycles. The number of nitrogens with one attached hydrogen (secondary N) is 2. The van der Waals surface area contributed by atoms with Crippen molar-refractivity contribution in [3.05, 3.63) is 66.2 Å². The number of nitrogens with zero attached hydrogens (tertiary/aromatic N) is 5. The predicted octanol–water partition coefficient (Wildman–Crippen LogP) is 4.78. The van der Waals surface area contributed by atoms with Gasteiger partial charge in [-0.25, -0.2) is 9.97 Å². The van der Waals surface area contributed by atoms with Gasteiger partial charge < -0.3 is 25.0 Å². The van der Waals surface area contributed by atoms with Gasteiger partial charge in [0.2, 0.25) is 5.91 Å². The van der Waals surface area contributed by atoms with E-state index in [2.05, 4.69) is 25.7 Å². The number of carbonyl (C=O) groups is 1. The third-order valence-corrected chi connectivity index (χ3v) is 6.28. The average molecular weight is 534 g/mol. The second kappa shape index (κ2) is 10.3. The minimum Gasteiger partial charge on any atom is -0.455 e. The molecule has 0 atom stereocenters. The van der Waals surface area contributed by atoms with Crippen LogP contribution < -0.4 is 15.4 Å². The van der Waals surface area contributed by atoms with Gasteiger partial charge in [0.15, 0.2) is 5.82 Å². The highest BCUT2D eigenvalue weighted by atomic mass is 35.5. The van der Waals surface area contributed by atoms with E-state index in [-0.39, 0.29) is 12.3 Å². The fraction of sp³-hybridized carbons (Fsp3) is 0.259. The zero-order chi connectivity index (χ0) is 26.9. The van der Waals surface area contributed by atoms with Crippen molar-refractivity contribution in [2.45, 2.75) is 32.4 Å². The van der Waals surface area contributed by atoms with Crippen molar-refractivity contribution >= 4 is 50.9 Å². The SMILES string of the molecule is Cn1ncc2c(Oc3ccc(Nc4ncnc5ccn(CCNC(=O)CC(C)(C)O)c45)cc3Cl)cccc21. The van der Waals surface area contributed by atoms with E-state index >= 15 is 0 Å². The van der Waals surface area contributed by atoms with Gasteiger partial charge in [0.1, 0.15) is 23.3 Å². The minimum atomic E-state index is -1.05. The first-order valence-corrected chi connectivity index (χ1v) is 12.5. The van der Waals surface area contributed by atoms with Gasteiger partial charge in [0.25, 0.3) is 0 Å². The van der Waals surface area contributed by atoms with Gasteiger partial charge >= 0.3 is 0 Å². The van der Waals surface area contributed by atoms with E-state index in [1.54, 1.807) is 36.9 Å². The van der Waals surface area contributed by atoms with Crippen molar-refractivity contribution in [3.63, 3.8) is 0 Å². The number of rotatable bonds is 9. The normalized spacial score (nSPS) is 11.7. The number of carbonyl (C=O) groups excluding carboxylic acids is 1. The molecule has 0 unspecified atom stereocenters. The van der Waals surface area contributed by atoms with Crippen molar-refractivity contribution in [2.24, 2.45) is 7.05 Å². The highest BCUT2D eigenvalue weighted by molar-refractivity contribution is 6.32. The number of hydrogen-bond acceptors (Lipinski definition) is 7. The Bertz CT molecular complexity index is 1620. The number of anilines is 2. The maximum atomic E-state index is 12.1. The molecule has 0 radical (unpaired) electrons. The summed E-state index contributed by atoms with van der Waals surface area (Å²) in [6.07, 6.45) is 5.19. The Morgan fingerprint density at radius 1 is 1.16 bits per heavy atom.